The number of thioether (sulfide) groups is 1. The second-order valence-corrected chi connectivity index (χ2v) is 7.01. The van der Waals surface area contributed by atoms with E-state index >= 15 is 0 Å². The van der Waals surface area contributed by atoms with Crippen LogP contribution >= 0.6 is 11.8 Å². The summed E-state index contributed by atoms with van der Waals surface area (Å²) in [5.41, 5.74) is 0.331. The molecule has 4 heteroatoms. The van der Waals surface area contributed by atoms with E-state index < -0.39 is 0 Å². The van der Waals surface area contributed by atoms with Crippen molar-refractivity contribution in [1.82, 2.24) is 10.2 Å². The Morgan fingerprint density at radius 1 is 1.47 bits per heavy atom. The van der Waals surface area contributed by atoms with Crippen LogP contribution in [0.15, 0.2) is 0 Å². The fourth-order valence-electron chi connectivity index (χ4n) is 2.69. The predicted octanol–water partition coefficient (Wildman–Crippen LogP) is 2.47. The van der Waals surface area contributed by atoms with Gasteiger partial charge >= 0.3 is 0 Å². The highest BCUT2D eigenvalue weighted by atomic mass is 32.2. The van der Waals surface area contributed by atoms with E-state index in [-0.39, 0.29) is 0 Å². The Balaban J connectivity index is 2.43. The van der Waals surface area contributed by atoms with Crippen molar-refractivity contribution in [3.63, 3.8) is 0 Å². The maximum atomic E-state index is 5.68. The van der Waals surface area contributed by atoms with E-state index in [0.29, 0.717) is 11.5 Å². The summed E-state index contributed by atoms with van der Waals surface area (Å²) in [6.45, 7) is 9.79. The van der Waals surface area contributed by atoms with Gasteiger partial charge in [-0.1, -0.05) is 6.92 Å². The average Bonchev–Trinajstić information content (AvgIpc) is 2.85. The van der Waals surface area contributed by atoms with E-state index in [9.17, 15) is 0 Å². The number of rotatable bonds is 10. The van der Waals surface area contributed by atoms with Gasteiger partial charge in [0.25, 0.3) is 0 Å². The van der Waals surface area contributed by atoms with E-state index in [1.165, 1.54) is 25.0 Å². The Labute approximate surface area is 123 Å². The third-order valence-corrected chi connectivity index (χ3v) is 4.83. The molecule has 0 aromatic carbocycles. The molecular weight excluding hydrogens is 256 g/mol. The molecule has 3 nitrogen and oxygen atoms in total. The molecule has 2 unspecified atom stereocenters. The van der Waals surface area contributed by atoms with Crippen molar-refractivity contribution in [1.29, 1.82) is 0 Å². The Morgan fingerprint density at radius 2 is 2.26 bits per heavy atom. The van der Waals surface area contributed by atoms with Gasteiger partial charge in [-0.2, -0.15) is 11.8 Å². The molecule has 1 aliphatic rings. The number of nitrogens with zero attached hydrogens (tertiary/aromatic N) is 1. The fourth-order valence-corrected chi connectivity index (χ4v) is 3.27. The van der Waals surface area contributed by atoms with Gasteiger partial charge in [-0.25, -0.2) is 0 Å². The molecule has 0 bridgehead atoms. The van der Waals surface area contributed by atoms with E-state index in [1.807, 2.05) is 11.8 Å². The second kappa shape index (κ2) is 9.22. The van der Waals surface area contributed by atoms with Crippen LogP contribution in [0, 0.1) is 5.41 Å². The van der Waals surface area contributed by atoms with Crippen molar-refractivity contribution in [2.45, 2.75) is 39.2 Å². The highest BCUT2D eigenvalue weighted by molar-refractivity contribution is 7.98. The van der Waals surface area contributed by atoms with Gasteiger partial charge < -0.3 is 15.0 Å². The minimum atomic E-state index is 0.331. The molecule has 1 fully saturated rings. The van der Waals surface area contributed by atoms with Crippen molar-refractivity contribution in [2.24, 2.45) is 5.41 Å². The van der Waals surface area contributed by atoms with E-state index in [2.05, 4.69) is 37.4 Å². The predicted molar refractivity (Wildman–Crippen MR) is 86.1 cm³/mol. The van der Waals surface area contributed by atoms with Crippen LogP contribution in [0.2, 0.25) is 0 Å². The lowest BCUT2D eigenvalue weighted by Gasteiger charge is -2.35. The molecule has 0 spiro atoms. The summed E-state index contributed by atoms with van der Waals surface area (Å²) >= 11 is 1.94. The molecule has 0 aliphatic carbocycles. The Bertz CT molecular complexity index is 232. The van der Waals surface area contributed by atoms with Gasteiger partial charge in [-0.05, 0) is 51.8 Å². The molecule has 19 heavy (non-hydrogen) atoms. The van der Waals surface area contributed by atoms with Crippen LogP contribution in [0.4, 0.5) is 0 Å². The summed E-state index contributed by atoms with van der Waals surface area (Å²) < 4.78 is 5.68. The van der Waals surface area contributed by atoms with Crippen LogP contribution in [-0.4, -0.2) is 62.8 Å². The first-order valence-corrected chi connectivity index (χ1v) is 9.00. The third-order valence-electron chi connectivity index (χ3n) is 4.19. The van der Waals surface area contributed by atoms with Crippen molar-refractivity contribution < 1.29 is 4.74 Å². The lowest BCUT2D eigenvalue weighted by Crippen LogP contribution is -2.46. The molecule has 0 radical (unpaired) electrons. The fraction of sp³-hybridized carbons (Fsp3) is 1.00. The molecule has 1 saturated heterocycles. The summed E-state index contributed by atoms with van der Waals surface area (Å²) in [5, 5.41) is 3.59. The quantitative estimate of drug-likeness (QED) is 0.624. The first-order chi connectivity index (χ1) is 9.13. The van der Waals surface area contributed by atoms with Crippen molar-refractivity contribution in [3.05, 3.63) is 0 Å². The molecule has 1 aliphatic heterocycles. The molecule has 0 aromatic rings. The molecule has 1 rings (SSSR count). The summed E-state index contributed by atoms with van der Waals surface area (Å²) in [7, 11) is 2.27. The second-order valence-electron chi connectivity index (χ2n) is 6.02. The van der Waals surface area contributed by atoms with Crippen molar-refractivity contribution >= 4 is 11.8 Å². The monoisotopic (exact) mass is 288 g/mol. The molecule has 1 heterocycles. The molecule has 0 amide bonds. The summed E-state index contributed by atoms with van der Waals surface area (Å²) in [6, 6.07) is 0.663. The standard InChI is InChI=1S/C15H32N2OS/c1-5-8-16-11-15(7-9-18-13-15)12-17(3)14(2)6-10-19-4/h14,16H,5-13H2,1-4H3. The highest BCUT2D eigenvalue weighted by Gasteiger charge is 2.36. The minimum absolute atomic E-state index is 0.331. The van der Waals surface area contributed by atoms with Gasteiger partial charge in [0.1, 0.15) is 0 Å². The lowest BCUT2D eigenvalue weighted by molar-refractivity contribution is 0.103. The first-order valence-electron chi connectivity index (χ1n) is 7.61. The van der Waals surface area contributed by atoms with Crippen LogP contribution < -0.4 is 5.32 Å². The maximum absolute atomic E-state index is 5.68. The van der Waals surface area contributed by atoms with Gasteiger partial charge in [0.05, 0.1) is 6.61 Å². The minimum Gasteiger partial charge on any atom is -0.381 e. The highest BCUT2D eigenvalue weighted by Crippen LogP contribution is 2.29. The summed E-state index contributed by atoms with van der Waals surface area (Å²) in [4.78, 5) is 2.53. The molecule has 2 atom stereocenters. The molecular formula is C15H32N2OS. The van der Waals surface area contributed by atoms with Gasteiger partial charge in [0.15, 0.2) is 0 Å². The zero-order chi connectivity index (χ0) is 14.1. The van der Waals surface area contributed by atoms with Crippen LogP contribution in [0.3, 0.4) is 0 Å². The van der Waals surface area contributed by atoms with Crippen LogP contribution in [-0.2, 0) is 4.74 Å². The Hall–Kier alpha value is 0.230. The zero-order valence-corrected chi connectivity index (χ0v) is 14.0. The average molecular weight is 289 g/mol. The van der Waals surface area contributed by atoms with Gasteiger partial charge in [-0.3, -0.25) is 0 Å². The zero-order valence-electron chi connectivity index (χ0n) is 13.2. The number of nitrogens with one attached hydrogen (secondary N) is 1. The summed E-state index contributed by atoms with van der Waals surface area (Å²) in [6.07, 6.45) is 5.87. The molecule has 0 saturated carbocycles. The Kier molecular flexibility index (Phi) is 8.38. The van der Waals surface area contributed by atoms with E-state index in [0.717, 1.165) is 32.8 Å². The Morgan fingerprint density at radius 3 is 2.84 bits per heavy atom. The smallest absolute Gasteiger partial charge is 0.0547 e. The lowest BCUT2D eigenvalue weighted by atomic mass is 9.86. The van der Waals surface area contributed by atoms with Crippen LogP contribution in [0.25, 0.3) is 0 Å². The number of ether oxygens (including phenoxy) is 1. The molecule has 114 valence electrons. The van der Waals surface area contributed by atoms with Crippen LogP contribution in [0.5, 0.6) is 0 Å². The SMILES string of the molecule is CCCNCC1(CN(C)C(C)CCSC)CCOC1. The largest absolute Gasteiger partial charge is 0.381 e. The van der Waals surface area contributed by atoms with Gasteiger partial charge in [0.2, 0.25) is 0 Å². The van der Waals surface area contributed by atoms with Crippen LogP contribution in [0.1, 0.15) is 33.1 Å². The first kappa shape index (κ1) is 17.3. The number of hydrogen-bond donors (Lipinski definition) is 1. The van der Waals surface area contributed by atoms with Gasteiger partial charge in [0, 0.05) is 31.2 Å². The van der Waals surface area contributed by atoms with E-state index in [4.69, 9.17) is 4.74 Å². The normalized spacial score (nSPS) is 25.1. The maximum Gasteiger partial charge on any atom is 0.0547 e. The van der Waals surface area contributed by atoms with Crippen molar-refractivity contribution in [3.8, 4) is 0 Å². The van der Waals surface area contributed by atoms with E-state index in [1.54, 1.807) is 0 Å². The topological polar surface area (TPSA) is 24.5 Å². The number of hydrogen-bond acceptors (Lipinski definition) is 4. The van der Waals surface area contributed by atoms with Gasteiger partial charge in [-0.15, -0.1) is 0 Å². The summed E-state index contributed by atoms with van der Waals surface area (Å²) in [5.74, 6) is 1.25. The van der Waals surface area contributed by atoms with Crippen molar-refractivity contribution in [2.75, 3.05) is 51.9 Å². The third kappa shape index (κ3) is 6.03. The molecule has 1 N–H and O–H groups in total. The molecule has 0 aromatic heterocycles.